The summed E-state index contributed by atoms with van der Waals surface area (Å²) in [6.07, 6.45) is -1.06. The van der Waals surface area contributed by atoms with Gasteiger partial charge in [0.15, 0.2) is 0 Å². The zero-order valence-electron chi connectivity index (χ0n) is 16.8. The Balaban J connectivity index is 0.00000300. The number of amides is 1. The second kappa shape index (κ2) is 9.11. The molecular weight excluding hydrogens is 390 g/mol. The molecule has 154 valence electrons. The van der Waals surface area contributed by atoms with Crippen LogP contribution in [0.3, 0.4) is 0 Å². The van der Waals surface area contributed by atoms with Gasteiger partial charge in [-0.1, -0.05) is 44.2 Å². The van der Waals surface area contributed by atoms with Crippen LogP contribution in [-0.4, -0.2) is 22.8 Å². The van der Waals surface area contributed by atoms with Gasteiger partial charge in [-0.25, -0.2) is 4.79 Å². The standard InChI is InChI=1S/C22H25N3O3.ClH/c1-14(2)13-25-19(12-23)20(15-7-5-4-6-8-15)18-11-16(24(3)22(27)28)9-10-17(18)21(25)26;/h4-11,14H,12-13,23H2,1-3H3,(H,27,28);1H. The fraction of sp³-hybridized carbons (Fsp3) is 0.273. The summed E-state index contributed by atoms with van der Waals surface area (Å²) in [7, 11) is 1.48. The number of fused-ring (bicyclic) bond motifs is 1. The third-order valence-electron chi connectivity index (χ3n) is 4.84. The van der Waals surface area contributed by atoms with E-state index in [1.54, 1.807) is 22.8 Å². The molecule has 1 heterocycles. The minimum Gasteiger partial charge on any atom is -0.465 e. The molecule has 2 aromatic carbocycles. The quantitative estimate of drug-likeness (QED) is 0.649. The molecular formula is C22H26ClN3O3. The van der Waals surface area contributed by atoms with Crippen LogP contribution in [0.15, 0.2) is 53.3 Å². The lowest BCUT2D eigenvalue weighted by Gasteiger charge is -2.22. The van der Waals surface area contributed by atoms with Crippen molar-refractivity contribution in [3.05, 3.63) is 64.6 Å². The van der Waals surface area contributed by atoms with Gasteiger partial charge in [-0.05, 0) is 35.1 Å². The van der Waals surface area contributed by atoms with Gasteiger partial charge in [-0.2, -0.15) is 0 Å². The molecule has 0 radical (unpaired) electrons. The van der Waals surface area contributed by atoms with Crippen LogP contribution in [0.25, 0.3) is 21.9 Å². The van der Waals surface area contributed by atoms with Crippen molar-refractivity contribution in [2.45, 2.75) is 26.9 Å². The first-order valence-electron chi connectivity index (χ1n) is 9.26. The Labute approximate surface area is 176 Å². The summed E-state index contributed by atoms with van der Waals surface area (Å²) in [4.78, 5) is 25.8. The van der Waals surface area contributed by atoms with Gasteiger partial charge in [-0.3, -0.25) is 9.69 Å². The average molecular weight is 416 g/mol. The highest BCUT2D eigenvalue weighted by molar-refractivity contribution is 6.00. The highest BCUT2D eigenvalue weighted by atomic mass is 35.5. The number of carbonyl (C=O) groups is 1. The van der Waals surface area contributed by atoms with Gasteiger partial charge in [-0.15, -0.1) is 12.4 Å². The fourth-order valence-corrected chi connectivity index (χ4v) is 3.50. The van der Waals surface area contributed by atoms with Gasteiger partial charge in [0, 0.05) is 42.5 Å². The molecule has 0 aliphatic heterocycles. The van der Waals surface area contributed by atoms with Crippen LogP contribution in [-0.2, 0) is 13.1 Å². The maximum Gasteiger partial charge on any atom is 0.411 e. The monoisotopic (exact) mass is 415 g/mol. The smallest absolute Gasteiger partial charge is 0.411 e. The highest BCUT2D eigenvalue weighted by Gasteiger charge is 2.19. The normalized spacial score (nSPS) is 10.8. The molecule has 0 saturated carbocycles. The fourth-order valence-electron chi connectivity index (χ4n) is 3.50. The van der Waals surface area contributed by atoms with Gasteiger partial charge in [0.2, 0.25) is 0 Å². The van der Waals surface area contributed by atoms with E-state index < -0.39 is 6.09 Å². The summed E-state index contributed by atoms with van der Waals surface area (Å²) in [6.45, 7) is 4.90. The third-order valence-corrected chi connectivity index (χ3v) is 4.84. The Morgan fingerprint density at radius 1 is 1.14 bits per heavy atom. The van der Waals surface area contributed by atoms with Crippen molar-refractivity contribution < 1.29 is 9.90 Å². The number of pyridine rings is 1. The molecule has 3 N–H and O–H groups in total. The third kappa shape index (κ3) is 4.28. The van der Waals surface area contributed by atoms with E-state index in [1.807, 2.05) is 30.3 Å². The van der Waals surface area contributed by atoms with Crippen LogP contribution < -0.4 is 16.2 Å². The van der Waals surface area contributed by atoms with E-state index in [9.17, 15) is 14.7 Å². The lowest BCUT2D eigenvalue weighted by molar-refractivity contribution is 0.203. The van der Waals surface area contributed by atoms with E-state index in [0.717, 1.165) is 21.7 Å². The number of nitrogens with zero attached hydrogens (tertiary/aromatic N) is 2. The maximum absolute atomic E-state index is 13.2. The van der Waals surface area contributed by atoms with Crippen LogP contribution in [0.4, 0.5) is 10.5 Å². The van der Waals surface area contributed by atoms with Crippen molar-refractivity contribution in [1.29, 1.82) is 0 Å². The number of hydrogen-bond acceptors (Lipinski definition) is 3. The molecule has 0 atom stereocenters. The first kappa shape index (κ1) is 22.5. The Morgan fingerprint density at radius 3 is 2.34 bits per heavy atom. The lowest BCUT2D eigenvalue weighted by Crippen LogP contribution is -2.29. The van der Waals surface area contributed by atoms with Crippen molar-refractivity contribution in [3.8, 4) is 11.1 Å². The van der Waals surface area contributed by atoms with Crippen LogP contribution in [0, 0.1) is 5.92 Å². The van der Waals surface area contributed by atoms with Crippen molar-refractivity contribution in [1.82, 2.24) is 4.57 Å². The van der Waals surface area contributed by atoms with E-state index in [4.69, 9.17) is 5.73 Å². The van der Waals surface area contributed by atoms with Gasteiger partial charge >= 0.3 is 6.09 Å². The summed E-state index contributed by atoms with van der Waals surface area (Å²) in [5.41, 5.74) is 9.08. The van der Waals surface area contributed by atoms with E-state index in [2.05, 4.69) is 13.8 Å². The number of halogens is 1. The molecule has 1 aromatic heterocycles. The lowest BCUT2D eigenvalue weighted by atomic mass is 9.95. The first-order chi connectivity index (χ1) is 13.3. The molecule has 3 rings (SSSR count). The van der Waals surface area contributed by atoms with Gasteiger partial charge in [0.25, 0.3) is 5.56 Å². The molecule has 0 aliphatic rings. The number of hydrogen-bond donors (Lipinski definition) is 2. The number of anilines is 1. The molecule has 0 spiro atoms. The predicted octanol–water partition coefficient (Wildman–Crippen LogP) is 4.32. The van der Waals surface area contributed by atoms with Crippen LogP contribution in [0.1, 0.15) is 19.5 Å². The molecule has 0 aliphatic carbocycles. The van der Waals surface area contributed by atoms with Crippen molar-refractivity contribution in [2.24, 2.45) is 11.7 Å². The van der Waals surface area contributed by atoms with Crippen molar-refractivity contribution in [2.75, 3.05) is 11.9 Å². The molecule has 1 amide bonds. The molecule has 29 heavy (non-hydrogen) atoms. The molecule has 3 aromatic rings. The zero-order valence-corrected chi connectivity index (χ0v) is 17.6. The summed E-state index contributed by atoms with van der Waals surface area (Å²) < 4.78 is 1.76. The highest BCUT2D eigenvalue weighted by Crippen LogP contribution is 2.33. The van der Waals surface area contributed by atoms with Crippen molar-refractivity contribution in [3.63, 3.8) is 0 Å². The summed E-state index contributed by atoms with van der Waals surface area (Å²) in [5.74, 6) is 0.279. The Bertz CT molecular complexity index is 1080. The number of rotatable bonds is 5. The maximum atomic E-state index is 13.2. The molecule has 0 unspecified atom stereocenters. The predicted molar refractivity (Wildman–Crippen MR) is 120 cm³/mol. The number of aromatic nitrogens is 1. The SMILES string of the molecule is CC(C)Cn1c(CN)c(-c2ccccc2)c2cc(N(C)C(=O)O)ccc2c1=O.Cl. The van der Waals surface area contributed by atoms with Gasteiger partial charge in [0.05, 0.1) is 0 Å². The number of carboxylic acid groups (broad SMARTS) is 1. The van der Waals surface area contributed by atoms with Gasteiger partial charge < -0.3 is 15.4 Å². The molecule has 0 saturated heterocycles. The molecule has 0 bridgehead atoms. The Hall–Kier alpha value is -2.83. The largest absolute Gasteiger partial charge is 0.465 e. The summed E-state index contributed by atoms with van der Waals surface area (Å²) in [5, 5.41) is 10.6. The Kier molecular flexibility index (Phi) is 7.06. The summed E-state index contributed by atoms with van der Waals surface area (Å²) in [6, 6.07) is 14.9. The zero-order chi connectivity index (χ0) is 20.4. The van der Waals surface area contributed by atoms with E-state index >= 15 is 0 Å². The summed E-state index contributed by atoms with van der Waals surface area (Å²) >= 11 is 0. The van der Waals surface area contributed by atoms with Crippen LogP contribution in [0.2, 0.25) is 0 Å². The molecule has 0 fully saturated rings. The van der Waals surface area contributed by atoms with E-state index in [1.165, 1.54) is 7.05 Å². The van der Waals surface area contributed by atoms with E-state index in [-0.39, 0.29) is 30.4 Å². The van der Waals surface area contributed by atoms with Crippen molar-refractivity contribution >= 4 is 35.0 Å². The van der Waals surface area contributed by atoms with Crippen LogP contribution >= 0.6 is 12.4 Å². The van der Waals surface area contributed by atoms with Gasteiger partial charge in [0.1, 0.15) is 0 Å². The van der Waals surface area contributed by atoms with Crippen LogP contribution in [0.5, 0.6) is 0 Å². The molecule has 6 nitrogen and oxygen atoms in total. The number of benzene rings is 2. The Morgan fingerprint density at radius 2 is 1.79 bits per heavy atom. The minimum absolute atomic E-state index is 0. The second-order valence-corrected chi connectivity index (χ2v) is 7.27. The average Bonchev–Trinajstić information content (AvgIpc) is 2.69. The number of nitrogens with two attached hydrogens (primary N) is 1. The second-order valence-electron chi connectivity index (χ2n) is 7.27. The minimum atomic E-state index is -1.06. The first-order valence-corrected chi connectivity index (χ1v) is 9.26. The molecule has 7 heteroatoms. The topological polar surface area (TPSA) is 88.6 Å². The van der Waals surface area contributed by atoms with E-state index in [0.29, 0.717) is 23.0 Å².